The summed E-state index contributed by atoms with van der Waals surface area (Å²) >= 11 is 0. The molecule has 1 aromatic carbocycles. The fourth-order valence-electron chi connectivity index (χ4n) is 3.19. The lowest BCUT2D eigenvalue weighted by molar-refractivity contribution is 0.0494. The third kappa shape index (κ3) is 5.62. The van der Waals surface area contributed by atoms with E-state index in [9.17, 15) is 18.4 Å². The number of aromatic nitrogens is 2. The molecule has 1 N–H and O–H groups in total. The number of pyridine rings is 1. The van der Waals surface area contributed by atoms with Gasteiger partial charge in [0.05, 0.1) is 0 Å². The van der Waals surface area contributed by atoms with Gasteiger partial charge in [0.1, 0.15) is 28.7 Å². The van der Waals surface area contributed by atoms with Crippen LogP contribution in [0.2, 0.25) is 0 Å². The number of nitrogens with zero attached hydrogens (tertiary/aromatic N) is 2. The maximum Gasteiger partial charge on any atom is 0.408 e. The third-order valence-corrected chi connectivity index (χ3v) is 4.29. The van der Waals surface area contributed by atoms with E-state index in [1.54, 1.807) is 40.7 Å². The van der Waals surface area contributed by atoms with Crippen LogP contribution in [0.25, 0.3) is 11.0 Å². The average molecular weight is 431 g/mol. The largest absolute Gasteiger partial charge is 0.444 e. The molecule has 164 valence electrons. The van der Waals surface area contributed by atoms with E-state index in [0.717, 1.165) is 18.2 Å². The van der Waals surface area contributed by atoms with Crippen LogP contribution in [-0.2, 0) is 11.2 Å². The molecule has 0 aliphatic carbocycles. The van der Waals surface area contributed by atoms with Gasteiger partial charge >= 0.3 is 11.7 Å². The van der Waals surface area contributed by atoms with Crippen LogP contribution >= 0.6 is 0 Å². The molecule has 1 atom stereocenters. The molecule has 0 spiro atoms. The molecule has 0 aliphatic rings. The predicted octanol–water partition coefficient (Wildman–Crippen LogP) is 4.29. The minimum Gasteiger partial charge on any atom is -0.444 e. The summed E-state index contributed by atoms with van der Waals surface area (Å²) in [6, 6.07) is 3.68. The lowest BCUT2D eigenvalue weighted by Gasteiger charge is -2.23. The van der Waals surface area contributed by atoms with Crippen molar-refractivity contribution in [2.45, 2.75) is 52.7 Å². The summed E-state index contributed by atoms with van der Waals surface area (Å²) in [6.07, 6.45) is -0.896. The lowest BCUT2D eigenvalue weighted by atomic mass is 10.1. The van der Waals surface area contributed by atoms with Crippen molar-refractivity contribution in [1.82, 2.24) is 15.3 Å². The van der Waals surface area contributed by atoms with Gasteiger partial charge in [-0.2, -0.15) is 4.98 Å². The molecule has 2 heterocycles. The maximum atomic E-state index is 13.7. The molecule has 31 heavy (non-hydrogen) atoms. The number of amides is 1. The summed E-state index contributed by atoms with van der Waals surface area (Å²) in [4.78, 5) is 33.6. The SMILES string of the molecule is Cc1cc(C)c2c(=O)oc([C@H](Cc3cc(F)cc(F)c3)NC(=O)OC(C)(C)C)nc2n1. The highest BCUT2D eigenvalue weighted by Crippen LogP contribution is 2.21. The molecule has 0 radical (unpaired) electrons. The van der Waals surface area contributed by atoms with Crippen LogP contribution in [0, 0.1) is 25.5 Å². The van der Waals surface area contributed by atoms with E-state index in [0.29, 0.717) is 11.3 Å². The number of hydrogen-bond acceptors (Lipinski definition) is 6. The molecule has 0 fully saturated rings. The van der Waals surface area contributed by atoms with E-state index in [-0.39, 0.29) is 28.9 Å². The summed E-state index contributed by atoms with van der Waals surface area (Å²) in [6.45, 7) is 8.56. The van der Waals surface area contributed by atoms with Gasteiger partial charge < -0.3 is 14.5 Å². The van der Waals surface area contributed by atoms with Gasteiger partial charge in [0.2, 0.25) is 5.89 Å². The number of ether oxygens (including phenoxy) is 1. The number of carbonyl (C=O) groups is 1. The van der Waals surface area contributed by atoms with E-state index in [1.165, 1.54) is 0 Å². The Morgan fingerprint density at radius 2 is 1.77 bits per heavy atom. The van der Waals surface area contributed by atoms with Crippen molar-refractivity contribution in [2.75, 3.05) is 0 Å². The van der Waals surface area contributed by atoms with Crippen molar-refractivity contribution in [3.05, 3.63) is 69.0 Å². The number of halogens is 2. The van der Waals surface area contributed by atoms with Crippen LogP contribution in [0.15, 0.2) is 33.5 Å². The van der Waals surface area contributed by atoms with Gasteiger partial charge in [-0.25, -0.2) is 23.4 Å². The number of carbonyl (C=O) groups excluding carboxylic acids is 1. The number of alkyl carbamates (subject to hydrolysis) is 1. The first kappa shape index (κ1) is 22.3. The van der Waals surface area contributed by atoms with Crippen LogP contribution < -0.4 is 10.9 Å². The smallest absolute Gasteiger partial charge is 0.408 e. The monoisotopic (exact) mass is 431 g/mol. The Balaban J connectivity index is 2.06. The first-order valence-electron chi connectivity index (χ1n) is 9.65. The third-order valence-electron chi connectivity index (χ3n) is 4.29. The van der Waals surface area contributed by atoms with Crippen molar-refractivity contribution >= 4 is 17.1 Å². The van der Waals surface area contributed by atoms with Crippen LogP contribution in [-0.4, -0.2) is 21.7 Å². The van der Waals surface area contributed by atoms with Crippen molar-refractivity contribution in [1.29, 1.82) is 0 Å². The molecule has 3 aromatic rings. The summed E-state index contributed by atoms with van der Waals surface area (Å²) in [5, 5.41) is 2.79. The fourth-order valence-corrected chi connectivity index (χ4v) is 3.19. The number of rotatable bonds is 4. The zero-order valence-corrected chi connectivity index (χ0v) is 17.9. The minimum atomic E-state index is -1.03. The molecule has 1 amide bonds. The van der Waals surface area contributed by atoms with E-state index in [4.69, 9.17) is 9.15 Å². The zero-order chi connectivity index (χ0) is 22.9. The molecule has 0 unspecified atom stereocenters. The number of hydrogen-bond donors (Lipinski definition) is 1. The Hall–Kier alpha value is -3.36. The molecule has 3 rings (SSSR count). The highest BCUT2D eigenvalue weighted by Gasteiger charge is 2.25. The summed E-state index contributed by atoms with van der Waals surface area (Å²) < 4.78 is 38.0. The van der Waals surface area contributed by atoms with Crippen molar-refractivity contribution in [3.63, 3.8) is 0 Å². The molecule has 9 heteroatoms. The summed E-state index contributed by atoms with van der Waals surface area (Å²) in [5.74, 6) is -1.69. The second kappa shape index (κ2) is 8.41. The van der Waals surface area contributed by atoms with Gasteiger partial charge in [-0.15, -0.1) is 0 Å². The van der Waals surface area contributed by atoms with Gasteiger partial charge in [0.25, 0.3) is 0 Å². The molecule has 7 nitrogen and oxygen atoms in total. The molecule has 0 bridgehead atoms. The van der Waals surface area contributed by atoms with Crippen LogP contribution in [0.3, 0.4) is 0 Å². The lowest BCUT2D eigenvalue weighted by Crippen LogP contribution is -2.36. The van der Waals surface area contributed by atoms with Crippen molar-refractivity contribution in [3.8, 4) is 0 Å². The van der Waals surface area contributed by atoms with E-state index in [2.05, 4.69) is 15.3 Å². The molecular weight excluding hydrogens is 408 g/mol. The number of aryl methyl sites for hydroxylation is 2. The van der Waals surface area contributed by atoms with E-state index >= 15 is 0 Å². The number of benzene rings is 1. The topological polar surface area (TPSA) is 94.3 Å². The average Bonchev–Trinajstić information content (AvgIpc) is 2.57. The van der Waals surface area contributed by atoms with E-state index in [1.807, 2.05) is 0 Å². The summed E-state index contributed by atoms with van der Waals surface area (Å²) in [5.41, 5.74) is 0.234. The Morgan fingerprint density at radius 1 is 1.13 bits per heavy atom. The van der Waals surface area contributed by atoms with Gasteiger partial charge in [-0.05, 0) is 63.9 Å². The Morgan fingerprint density at radius 3 is 2.39 bits per heavy atom. The zero-order valence-electron chi connectivity index (χ0n) is 17.9. The van der Waals surface area contributed by atoms with Gasteiger partial charge in [-0.1, -0.05) is 0 Å². The fraction of sp³-hybridized carbons (Fsp3) is 0.364. The molecule has 2 aromatic heterocycles. The van der Waals surface area contributed by atoms with Crippen molar-refractivity contribution in [2.24, 2.45) is 0 Å². The summed E-state index contributed by atoms with van der Waals surface area (Å²) in [7, 11) is 0. The van der Waals surface area contributed by atoms with Crippen LogP contribution in [0.5, 0.6) is 0 Å². The Kier molecular flexibility index (Phi) is 6.06. The second-order valence-corrected chi connectivity index (χ2v) is 8.30. The van der Waals surface area contributed by atoms with Gasteiger partial charge in [0, 0.05) is 18.2 Å². The predicted molar refractivity (Wildman–Crippen MR) is 110 cm³/mol. The molecular formula is C22H23F2N3O4. The second-order valence-electron chi connectivity index (χ2n) is 8.30. The first-order valence-corrected chi connectivity index (χ1v) is 9.65. The normalized spacial score (nSPS) is 12.6. The minimum absolute atomic E-state index is 0.0971. The number of nitrogens with one attached hydrogen (secondary N) is 1. The van der Waals surface area contributed by atoms with Crippen LogP contribution in [0.1, 0.15) is 49.5 Å². The first-order chi connectivity index (χ1) is 14.4. The number of fused-ring (bicyclic) bond motifs is 1. The van der Waals surface area contributed by atoms with E-state index < -0.39 is 35.0 Å². The van der Waals surface area contributed by atoms with Gasteiger partial charge in [0.15, 0.2) is 5.65 Å². The Labute approximate surface area is 177 Å². The maximum absolute atomic E-state index is 13.7. The van der Waals surface area contributed by atoms with Gasteiger partial charge in [-0.3, -0.25) is 0 Å². The molecule has 0 saturated carbocycles. The highest BCUT2D eigenvalue weighted by atomic mass is 19.1. The van der Waals surface area contributed by atoms with Crippen molar-refractivity contribution < 1.29 is 22.7 Å². The molecule has 0 aliphatic heterocycles. The quantitative estimate of drug-likeness (QED) is 0.662. The standard InChI is InChI=1S/C22H23F2N3O4/c1-11-6-12(2)25-18-17(11)20(28)30-19(27-18)16(26-21(29)31-22(3,4)5)9-13-7-14(23)10-15(24)8-13/h6-8,10,16H,9H2,1-5H3,(H,26,29)/t16-/m0/s1. The molecule has 0 saturated heterocycles. The highest BCUT2D eigenvalue weighted by molar-refractivity contribution is 5.77. The van der Waals surface area contributed by atoms with Crippen LogP contribution in [0.4, 0.5) is 13.6 Å². The Bertz CT molecular complexity index is 1180.